The van der Waals surface area contributed by atoms with Crippen LogP contribution in [0.4, 0.5) is 0 Å². The van der Waals surface area contributed by atoms with E-state index in [0.717, 1.165) is 6.42 Å². The van der Waals surface area contributed by atoms with E-state index >= 15 is 0 Å². The summed E-state index contributed by atoms with van der Waals surface area (Å²) in [5.41, 5.74) is 11.5. The van der Waals surface area contributed by atoms with Crippen LogP contribution >= 0.6 is 0 Å². The Balaban J connectivity index is 1.57. The first-order chi connectivity index (χ1) is 13.3. The van der Waals surface area contributed by atoms with E-state index in [1.807, 2.05) is 0 Å². The summed E-state index contributed by atoms with van der Waals surface area (Å²) in [6, 6.07) is 19.7. The van der Waals surface area contributed by atoms with Crippen molar-refractivity contribution in [1.82, 2.24) is 0 Å². The van der Waals surface area contributed by atoms with E-state index in [1.54, 1.807) is 0 Å². The zero-order valence-electron chi connectivity index (χ0n) is 15.9. The number of rotatable bonds is 3. The molecule has 0 saturated carbocycles. The van der Waals surface area contributed by atoms with Crippen molar-refractivity contribution in [2.75, 3.05) is 0 Å². The Morgan fingerprint density at radius 3 is 2.59 bits per heavy atom. The molecular weight excluding hydrogens is 324 g/mol. The molecule has 0 amide bonds. The second kappa shape index (κ2) is 6.39. The lowest BCUT2D eigenvalue weighted by Gasteiger charge is -2.31. The van der Waals surface area contributed by atoms with Gasteiger partial charge in [-0.1, -0.05) is 85.0 Å². The summed E-state index contributed by atoms with van der Waals surface area (Å²) in [6.45, 7) is 4.39. The van der Waals surface area contributed by atoms with Gasteiger partial charge in [0.15, 0.2) is 0 Å². The monoisotopic (exact) mass is 348 g/mol. The summed E-state index contributed by atoms with van der Waals surface area (Å²) in [5.74, 6) is 1.01. The van der Waals surface area contributed by atoms with E-state index in [0.29, 0.717) is 11.8 Å². The lowest BCUT2D eigenvalue weighted by molar-refractivity contribution is 0.787. The molecule has 5 rings (SSSR count). The number of hydrogen-bond donors (Lipinski definition) is 0. The number of fused-ring (bicyclic) bond motifs is 4. The quantitative estimate of drug-likeness (QED) is 0.519. The summed E-state index contributed by atoms with van der Waals surface area (Å²) in [5, 5.41) is 0. The van der Waals surface area contributed by atoms with Gasteiger partial charge in [-0.05, 0) is 64.8 Å². The molecule has 2 atom stereocenters. The maximum Gasteiger partial charge on any atom is 0.0211 e. The van der Waals surface area contributed by atoms with Crippen molar-refractivity contribution in [2.45, 2.75) is 26.2 Å². The molecule has 2 aromatic carbocycles. The zero-order chi connectivity index (χ0) is 18.4. The zero-order valence-corrected chi connectivity index (χ0v) is 15.9. The van der Waals surface area contributed by atoms with Crippen molar-refractivity contribution < 1.29 is 0 Å². The fraction of sp³-hybridized carbons (Fsp3) is 0.185. The normalized spacial score (nSPS) is 23.4. The van der Waals surface area contributed by atoms with Gasteiger partial charge >= 0.3 is 0 Å². The molecule has 0 spiro atoms. The van der Waals surface area contributed by atoms with Gasteiger partial charge < -0.3 is 0 Å². The fourth-order valence-corrected chi connectivity index (χ4v) is 4.62. The molecule has 0 aliphatic heterocycles. The lowest BCUT2D eigenvalue weighted by atomic mass is 9.72. The molecule has 3 aliphatic carbocycles. The van der Waals surface area contributed by atoms with Gasteiger partial charge in [-0.25, -0.2) is 0 Å². The van der Waals surface area contributed by atoms with Crippen molar-refractivity contribution >= 4 is 11.1 Å². The molecule has 0 radical (unpaired) electrons. The Kier molecular flexibility index (Phi) is 3.86. The molecule has 0 aromatic heterocycles. The molecule has 0 nitrogen and oxygen atoms in total. The molecule has 132 valence electrons. The Morgan fingerprint density at radius 1 is 1.00 bits per heavy atom. The third-order valence-electron chi connectivity index (χ3n) is 6.10. The van der Waals surface area contributed by atoms with E-state index in [9.17, 15) is 0 Å². The van der Waals surface area contributed by atoms with Crippen LogP contribution in [0.2, 0.25) is 0 Å². The van der Waals surface area contributed by atoms with Crippen molar-refractivity contribution in [3.05, 3.63) is 118 Å². The highest BCUT2D eigenvalue weighted by Gasteiger charge is 2.36. The van der Waals surface area contributed by atoms with Crippen LogP contribution in [0.25, 0.3) is 11.1 Å². The predicted molar refractivity (Wildman–Crippen MR) is 115 cm³/mol. The summed E-state index contributed by atoms with van der Waals surface area (Å²) < 4.78 is 0. The van der Waals surface area contributed by atoms with Crippen molar-refractivity contribution in [3.63, 3.8) is 0 Å². The van der Waals surface area contributed by atoms with Gasteiger partial charge in [0.05, 0.1) is 0 Å². The van der Waals surface area contributed by atoms with Crippen LogP contribution in [-0.4, -0.2) is 0 Å². The highest BCUT2D eigenvalue weighted by Crippen LogP contribution is 2.53. The van der Waals surface area contributed by atoms with Gasteiger partial charge in [-0.2, -0.15) is 0 Å². The van der Waals surface area contributed by atoms with Gasteiger partial charge in [0, 0.05) is 11.8 Å². The molecule has 3 aliphatic rings. The Hall–Kier alpha value is -2.86. The van der Waals surface area contributed by atoms with E-state index in [2.05, 4.69) is 98.8 Å². The minimum absolute atomic E-state index is 0.421. The van der Waals surface area contributed by atoms with Crippen LogP contribution in [0, 0.1) is 5.92 Å². The molecule has 0 bridgehead atoms. The summed E-state index contributed by atoms with van der Waals surface area (Å²) >= 11 is 0. The molecule has 0 heteroatoms. The van der Waals surface area contributed by atoms with Crippen LogP contribution in [0.3, 0.4) is 0 Å². The number of benzene rings is 2. The topological polar surface area (TPSA) is 0 Å². The molecule has 0 fully saturated rings. The number of allylic oxidation sites excluding steroid dienone is 10. The molecule has 0 saturated heterocycles. The van der Waals surface area contributed by atoms with Gasteiger partial charge in [-0.3, -0.25) is 0 Å². The van der Waals surface area contributed by atoms with Crippen LogP contribution in [-0.2, 0) is 0 Å². The maximum atomic E-state index is 2.39. The lowest BCUT2D eigenvalue weighted by Crippen LogP contribution is -2.13. The Bertz CT molecular complexity index is 1050. The highest BCUT2D eigenvalue weighted by atomic mass is 14.4. The predicted octanol–water partition coefficient (Wildman–Crippen LogP) is 7.10. The first-order valence-electron chi connectivity index (χ1n) is 9.89. The summed E-state index contributed by atoms with van der Waals surface area (Å²) in [6.07, 6.45) is 12.9. The average Bonchev–Trinajstić information content (AvgIpc) is 3.51. The molecule has 0 N–H and O–H groups in total. The summed E-state index contributed by atoms with van der Waals surface area (Å²) in [7, 11) is 0. The van der Waals surface area contributed by atoms with Crippen LogP contribution in [0.15, 0.2) is 102 Å². The maximum absolute atomic E-state index is 2.39. The van der Waals surface area contributed by atoms with Crippen molar-refractivity contribution in [3.8, 4) is 0 Å². The van der Waals surface area contributed by atoms with E-state index in [4.69, 9.17) is 0 Å². The molecule has 0 heterocycles. The van der Waals surface area contributed by atoms with Crippen molar-refractivity contribution in [2.24, 2.45) is 5.92 Å². The minimum Gasteiger partial charge on any atom is -0.0838 e. The Morgan fingerprint density at radius 2 is 1.78 bits per heavy atom. The third-order valence-corrected chi connectivity index (χ3v) is 6.10. The van der Waals surface area contributed by atoms with Crippen LogP contribution in [0.5, 0.6) is 0 Å². The van der Waals surface area contributed by atoms with Crippen LogP contribution in [0.1, 0.15) is 42.9 Å². The molecule has 2 aromatic rings. The first-order valence-corrected chi connectivity index (χ1v) is 9.89. The highest BCUT2D eigenvalue weighted by molar-refractivity contribution is 5.93. The molecule has 27 heavy (non-hydrogen) atoms. The smallest absolute Gasteiger partial charge is 0.0211 e. The molecular formula is C27H24. The van der Waals surface area contributed by atoms with Crippen LogP contribution < -0.4 is 0 Å². The van der Waals surface area contributed by atoms with E-state index < -0.39 is 0 Å². The van der Waals surface area contributed by atoms with Gasteiger partial charge in [0.1, 0.15) is 0 Å². The standard InChI is InChI=1S/C27H24/c1-3-19(15-18(2)20-9-5-4-6-10-20)25-17-22-14-13-21-16-26(21)27(22)24-12-8-7-11-23(24)25/h3-16,21,25H,17H2,1-2H3/b18-15+,19-3+/t21?,25-/m1/s1. The second-order valence-electron chi connectivity index (χ2n) is 7.73. The van der Waals surface area contributed by atoms with Crippen molar-refractivity contribution in [1.29, 1.82) is 0 Å². The Labute approximate surface area is 161 Å². The third kappa shape index (κ3) is 2.77. The average molecular weight is 348 g/mol. The molecule has 1 unspecified atom stereocenters. The van der Waals surface area contributed by atoms with Gasteiger partial charge in [-0.15, -0.1) is 0 Å². The first kappa shape index (κ1) is 16.3. The van der Waals surface area contributed by atoms with Gasteiger partial charge in [0.2, 0.25) is 0 Å². The number of hydrogen-bond acceptors (Lipinski definition) is 0. The SMILES string of the molecule is C/C=C(\C=C(/C)c1ccccc1)[C@H]1CC2=C(C3=CC3C=C2)c2ccccc21. The fourth-order valence-electron chi connectivity index (χ4n) is 4.62. The van der Waals surface area contributed by atoms with E-state index in [1.165, 1.54) is 44.6 Å². The second-order valence-corrected chi connectivity index (χ2v) is 7.73. The summed E-state index contributed by atoms with van der Waals surface area (Å²) in [4.78, 5) is 0. The van der Waals surface area contributed by atoms with Gasteiger partial charge in [0.25, 0.3) is 0 Å². The van der Waals surface area contributed by atoms with E-state index in [-0.39, 0.29) is 0 Å². The minimum atomic E-state index is 0.421. The largest absolute Gasteiger partial charge is 0.0838 e.